The van der Waals surface area contributed by atoms with E-state index in [-0.39, 0.29) is 11.7 Å². The van der Waals surface area contributed by atoms with Crippen molar-refractivity contribution in [1.82, 2.24) is 0 Å². The molecule has 0 spiro atoms. The van der Waals surface area contributed by atoms with Crippen molar-refractivity contribution in [2.45, 2.75) is 12.5 Å². The standard InChI is InChI=1S/C9H18O5Si/c1-11-7(9(12-2)13-3)8(10)14-5-4-6-15/h4-6H2,1-3,15H3. The van der Waals surface area contributed by atoms with Crippen molar-refractivity contribution >= 4 is 16.2 Å². The van der Waals surface area contributed by atoms with Crippen LogP contribution in [0.1, 0.15) is 6.42 Å². The van der Waals surface area contributed by atoms with Gasteiger partial charge in [0.15, 0.2) is 0 Å². The van der Waals surface area contributed by atoms with Crippen molar-refractivity contribution in [3.8, 4) is 0 Å². The number of ether oxygens (including phenoxy) is 4. The van der Waals surface area contributed by atoms with Gasteiger partial charge in [-0.25, -0.2) is 4.79 Å². The molecule has 0 aromatic carbocycles. The summed E-state index contributed by atoms with van der Waals surface area (Å²) in [5, 5.41) is 0. The number of esters is 1. The Bertz CT molecular complexity index is 221. The van der Waals surface area contributed by atoms with Gasteiger partial charge in [-0.1, -0.05) is 6.04 Å². The quantitative estimate of drug-likeness (QED) is 0.201. The van der Waals surface area contributed by atoms with Crippen LogP contribution in [0, 0.1) is 0 Å². The number of hydrogen-bond donors (Lipinski definition) is 0. The lowest BCUT2D eigenvalue weighted by Crippen LogP contribution is -2.14. The van der Waals surface area contributed by atoms with Crippen LogP contribution in [0.2, 0.25) is 6.04 Å². The predicted octanol–water partition coefficient (Wildman–Crippen LogP) is -0.188. The van der Waals surface area contributed by atoms with E-state index in [1.54, 1.807) is 0 Å². The van der Waals surface area contributed by atoms with Crippen LogP contribution in [-0.4, -0.2) is 44.1 Å². The fourth-order valence-electron chi connectivity index (χ4n) is 0.893. The summed E-state index contributed by atoms with van der Waals surface area (Å²) in [5.41, 5.74) is 0. The highest BCUT2D eigenvalue weighted by Crippen LogP contribution is 2.09. The van der Waals surface area contributed by atoms with Crippen molar-refractivity contribution in [1.29, 1.82) is 0 Å². The Morgan fingerprint density at radius 3 is 2.13 bits per heavy atom. The number of rotatable bonds is 7. The van der Waals surface area contributed by atoms with Crippen molar-refractivity contribution < 1.29 is 23.7 Å². The van der Waals surface area contributed by atoms with Gasteiger partial charge in [0.05, 0.1) is 27.9 Å². The van der Waals surface area contributed by atoms with Crippen LogP contribution in [-0.2, 0) is 23.7 Å². The monoisotopic (exact) mass is 234 g/mol. The highest BCUT2D eigenvalue weighted by atomic mass is 28.1. The van der Waals surface area contributed by atoms with Gasteiger partial charge in [-0.15, -0.1) is 0 Å². The van der Waals surface area contributed by atoms with E-state index >= 15 is 0 Å². The zero-order valence-corrected chi connectivity index (χ0v) is 11.7. The number of hydrogen-bond acceptors (Lipinski definition) is 5. The van der Waals surface area contributed by atoms with E-state index < -0.39 is 5.97 Å². The highest BCUT2D eigenvalue weighted by Gasteiger charge is 2.19. The fraction of sp³-hybridized carbons (Fsp3) is 0.667. The van der Waals surface area contributed by atoms with Crippen molar-refractivity contribution in [2.24, 2.45) is 0 Å². The molecule has 0 unspecified atom stereocenters. The van der Waals surface area contributed by atoms with Crippen LogP contribution in [0.15, 0.2) is 11.7 Å². The molecule has 0 aliphatic rings. The van der Waals surface area contributed by atoms with Crippen LogP contribution in [0.25, 0.3) is 0 Å². The lowest BCUT2D eigenvalue weighted by molar-refractivity contribution is -0.143. The summed E-state index contributed by atoms with van der Waals surface area (Å²) in [5.74, 6) is -0.590. The highest BCUT2D eigenvalue weighted by molar-refractivity contribution is 6.08. The van der Waals surface area contributed by atoms with E-state index in [2.05, 4.69) is 0 Å². The maximum absolute atomic E-state index is 11.5. The molecule has 0 N–H and O–H groups in total. The Labute approximate surface area is 92.8 Å². The number of methoxy groups -OCH3 is 3. The van der Waals surface area contributed by atoms with E-state index in [9.17, 15) is 4.79 Å². The molecule has 5 nitrogen and oxygen atoms in total. The second kappa shape index (κ2) is 8.16. The first-order valence-corrected chi connectivity index (χ1v) is 6.16. The van der Waals surface area contributed by atoms with Gasteiger partial charge in [0, 0.05) is 10.2 Å². The molecule has 0 bridgehead atoms. The Morgan fingerprint density at radius 1 is 1.13 bits per heavy atom. The predicted molar refractivity (Wildman–Crippen MR) is 58.4 cm³/mol. The number of carbonyl (C=O) groups is 1. The third kappa shape index (κ3) is 4.73. The van der Waals surface area contributed by atoms with Crippen LogP contribution >= 0.6 is 0 Å². The lowest BCUT2D eigenvalue weighted by Gasteiger charge is -2.10. The molecule has 88 valence electrons. The van der Waals surface area contributed by atoms with E-state index in [1.165, 1.54) is 21.3 Å². The van der Waals surface area contributed by atoms with Gasteiger partial charge in [-0.2, -0.15) is 0 Å². The molecule has 0 rings (SSSR count). The second-order valence-electron chi connectivity index (χ2n) is 2.72. The Hall–Kier alpha value is -1.17. The summed E-state index contributed by atoms with van der Waals surface area (Å²) in [4.78, 5) is 11.5. The molecule has 0 aromatic rings. The minimum atomic E-state index is -0.564. The van der Waals surface area contributed by atoms with Gasteiger partial charge in [-0.3, -0.25) is 0 Å². The van der Waals surface area contributed by atoms with Crippen molar-refractivity contribution in [2.75, 3.05) is 27.9 Å². The summed E-state index contributed by atoms with van der Waals surface area (Å²) in [6.07, 6.45) is 0.879. The summed E-state index contributed by atoms with van der Waals surface area (Å²) in [6.45, 7) is 0.399. The molecule has 0 saturated heterocycles. The molecule has 0 saturated carbocycles. The molecule has 0 aromatic heterocycles. The first kappa shape index (κ1) is 13.8. The summed E-state index contributed by atoms with van der Waals surface area (Å²) >= 11 is 0. The molecule has 0 aliphatic carbocycles. The SMILES string of the molecule is COC(OC)=C(OC)C(=O)OCCC[SiH3]. The third-order valence-electron chi connectivity index (χ3n) is 1.68. The van der Waals surface area contributed by atoms with Gasteiger partial charge in [-0.05, 0) is 6.42 Å². The Balaban J connectivity index is 4.39. The zero-order valence-electron chi connectivity index (χ0n) is 9.66. The summed E-state index contributed by atoms with van der Waals surface area (Å²) in [6, 6.07) is 1.10. The van der Waals surface area contributed by atoms with Gasteiger partial charge in [0.2, 0.25) is 0 Å². The van der Waals surface area contributed by atoms with E-state index in [4.69, 9.17) is 18.9 Å². The largest absolute Gasteiger partial charge is 0.485 e. The summed E-state index contributed by atoms with van der Waals surface area (Å²) in [7, 11) is 5.26. The minimum Gasteiger partial charge on any atom is -0.485 e. The molecule has 0 radical (unpaired) electrons. The molecule has 0 atom stereocenters. The van der Waals surface area contributed by atoms with Crippen molar-refractivity contribution in [3.63, 3.8) is 0 Å². The van der Waals surface area contributed by atoms with Crippen LogP contribution in [0.4, 0.5) is 0 Å². The fourth-order valence-corrected chi connectivity index (χ4v) is 1.18. The lowest BCUT2D eigenvalue weighted by atomic mass is 10.5. The Morgan fingerprint density at radius 2 is 1.73 bits per heavy atom. The maximum Gasteiger partial charge on any atom is 0.381 e. The maximum atomic E-state index is 11.5. The first-order valence-electron chi connectivity index (χ1n) is 4.74. The molecule has 0 heterocycles. The molecule has 6 heteroatoms. The molecule has 0 aliphatic heterocycles. The Kier molecular flexibility index (Phi) is 7.52. The van der Waals surface area contributed by atoms with E-state index in [0.717, 1.165) is 22.7 Å². The third-order valence-corrected chi connectivity index (χ3v) is 2.38. The zero-order chi connectivity index (χ0) is 11.7. The average molecular weight is 234 g/mol. The minimum absolute atomic E-state index is 0.0216. The van der Waals surface area contributed by atoms with Crippen LogP contribution in [0.5, 0.6) is 0 Å². The van der Waals surface area contributed by atoms with Gasteiger partial charge < -0.3 is 18.9 Å². The molecular formula is C9H18O5Si. The van der Waals surface area contributed by atoms with Crippen LogP contribution in [0.3, 0.4) is 0 Å². The normalized spacial score (nSPS) is 9.27. The van der Waals surface area contributed by atoms with Gasteiger partial charge in [0.1, 0.15) is 0 Å². The molecule has 15 heavy (non-hydrogen) atoms. The smallest absolute Gasteiger partial charge is 0.381 e. The topological polar surface area (TPSA) is 54.0 Å². The molecule has 0 fully saturated rings. The van der Waals surface area contributed by atoms with Crippen LogP contribution < -0.4 is 0 Å². The number of carbonyl (C=O) groups excluding carboxylic acids is 1. The van der Waals surface area contributed by atoms with E-state index in [1.807, 2.05) is 0 Å². The molecule has 0 amide bonds. The average Bonchev–Trinajstić information content (AvgIpc) is 2.25. The van der Waals surface area contributed by atoms with Crippen molar-refractivity contribution in [3.05, 3.63) is 11.7 Å². The summed E-state index contributed by atoms with van der Waals surface area (Å²) < 4.78 is 19.4. The molecular weight excluding hydrogens is 216 g/mol. The second-order valence-corrected chi connectivity index (χ2v) is 3.72. The first-order chi connectivity index (χ1) is 7.21. The van der Waals surface area contributed by atoms with Gasteiger partial charge in [0.25, 0.3) is 5.76 Å². The van der Waals surface area contributed by atoms with Gasteiger partial charge >= 0.3 is 11.9 Å². The van der Waals surface area contributed by atoms with E-state index in [0.29, 0.717) is 6.61 Å².